The van der Waals surface area contributed by atoms with E-state index in [0.717, 1.165) is 36.6 Å². The van der Waals surface area contributed by atoms with Crippen molar-refractivity contribution in [2.24, 2.45) is 5.73 Å². The number of benzene rings is 1. The molecule has 3 rings (SSSR count). The fourth-order valence-electron chi connectivity index (χ4n) is 2.97. The largest absolute Gasteiger partial charge is 0.349 e. The number of aromatic nitrogens is 2. The molecule has 1 aliphatic carbocycles. The molecule has 122 valence electrons. The Morgan fingerprint density at radius 3 is 3.00 bits per heavy atom. The van der Waals surface area contributed by atoms with Gasteiger partial charge in [0.25, 0.3) is 0 Å². The van der Waals surface area contributed by atoms with Crippen LogP contribution in [0.1, 0.15) is 36.6 Å². The molecule has 3 N–H and O–H groups in total. The van der Waals surface area contributed by atoms with Gasteiger partial charge in [-0.3, -0.25) is 4.79 Å². The van der Waals surface area contributed by atoms with Gasteiger partial charge in [0.1, 0.15) is 11.5 Å². The maximum Gasteiger partial charge on any atom is 0.221 e. The number of fused-ring (bicyclic) bond motifs is 1. The summed E-state index contributed by atoms with van der Waals surface area (Å²) in [6.07, 6.45) is 4.31. The molecule has 1 atom stereocenters. The third-order valence-electron chi connectivity index (χ3n) is 4.03. The summed E-state index contributed by atoms with van der Waals surface area (Å²) in [5, 5.41) is 7.18. The van der Waals surface area contributed by atoms with E-state index in [1.165, 1.54) is 16.8 Å². The Morgan fingerprint density at radius 1 is 1.43 bits per heavy atom. The third-order valence-corrected chi connectivity index (χ3v) is 4.03. The minimum Gasteiger partial charge on any atom is -0.349 e. The van der Waals surface area contributed by atoms with Gasteiger partial charge >= 0.3 is 0 Å². The van der Waals surface area contributed by atoms with Crippen molar-refractivity contribution in [3.8, 4) is 5.69 Å². The lowest BCUT2D eigenvalue weighted by atomic mass is 9.92. The summed E-state index contributed by atoms with van der Waals surface area (Å²) >= 11 is 0. The number of carbonyl (C=O) groups is 1. The van der Waals surface area contributed by atoms with Crippen molar-refractivity contribution < 1.29 is 13.6 Å². The maximum absolute atomic E-state index is 14.0. The standard InChI is InChI=1S/C16H18F2N4O/c17-10-4-5-15(12(18)8-10)22-14-3-1-2-13(11(14)9-20-22)21-16(23)6-7-19/h4-5,8-9,13H,1-3,6-7,19H2,(H,21,23)/t13-/m1/s1. The zero-order chi connectivity index (χ0) is 16.4. The molecule has 1 aromatic heterocycles. The number of nitrogens with one attached hydrogen (secondary N) is 1. The second-order valence-corrected chi connectivity index (χ2v) is 5.61. The monoisotopic (exact) mass is 320 g/mol. The van der Waals surface area contributed by atoms with Crippen LogP contribution in [0.2, 0.25) is 0 Å². The van der Waals surface area contributed by atoms with Gasteiger partial charge in [0.2, 0.25) is 5.91 Å². The summed E-state index contributed by atoms with van der Waals surface area (Å²) < 4.78 is 28.6. The van der Waals surface area contributed by atoms with Gasteiger partial charge in [-0.2, -0.15) is 5.10 Å². The first-order chi connectivity index (χ1) is 11.1. The molecule has 7 heteroatoms. The van der Waals surface area contributed by atoms with Gasteiger partial charge in [0, 0.05) is 30.3 Å². The smallest absolute Gasteiger partial charge is 0.221 e. The highest BCUT2D eigenvalue weighted by molar-refractivity contribution is 5.76. The van der Waals surface area contributed by atoms with E-state index in [9.17, 15) is 13.6 Å². The minimum atomic E-state index is -0.662. The van der Waals surface area contributed by atoms with Crippen molar-refractivity contribution in [1.82, 2.24) is 15.1 Å². The van der Waals surface area contributed by atoms with Crippen molar-refractivity contribution >= 4 is 5.91 Å². The number of rotatable bonds is 4. The quantitative estimate of drug-likeness (QED) is 0.905. The van der Waals surface area contributed by atoms with Crippen LogP contribution in [0, 0.1) is 11.6 Å². The minimum absolute atomic E-state index is 0.105. The molecule has 1 heterocycles. The summed E-state index contributed by atoms with van der Waals surface area (Å²) in [5.74, 6) is -1.39. The number of hydrogen-bond acceptors (Lipinski definition) is 3. The molecule has 0 bridgehead atoms. The summed E-state index contributed by atoms with van der Waals surface area (Å²) in [5.41, 5.74) is 7.33. The SMILES string of the molecule is NCCC(=O)N[C@@H]1CCCc2c1cnn2-c1ccc(F)cc1F. The normalized spacial score (nSPS) is 16.9. The highest BCUT2D eigenvalue weighted by atomic mass is 19.1. The first-order valence-electron chi connectivity index (χ1n) is 7.62. The van der Waals surface area contributed by atoms with E-state index in [1.807, 2.05) is 0 Å². The van der Waals surface area contributed by atoms with Gasteiger partial charge in [-0.15, -0.1) is 0 Å². The molecule has 0 unspecified atom stereocenters. The van der Waals surface area contributed by atoms with Crippen molar-refractivity contribution in [2.75, 3.05) is 6.54 Å². The average Bonchev–Trinajstić information content (AvgIpc) is 2.92. The molecule has 0 saturated carbocycles. The maximum atomic E-state index is 14.0. The first kappa shape index (κ1) is 15.6. The molecule has 0 fully saturated rings. The Labute approximate surface area is 132 Å². The van der Waals surface area contributed by atoms with Crippen LogP contribution in [0.3, 0.4) is 0 Å². The van der Waals surface area contributed by atoms with Gasteiger partial charge < -0.3 is 11.1 Å². The summed E-state index contributed by atoms with van der Waals surface area (Å²) in [6, 6.07) is 3.27. The van der Waals surface area contributed by atoms with Crippen LogP contribution in [0.5, 0.6) is 0 Å². The van der Waals surface area contributed by atoms with Crippen LogP contribution in [-0.4, -0.2) is 22.2 Å². The van der Waals surface area contributed by atoms with Gasteiger partial charge in [-0.25, -0.2) is 13.5 Å². The molecular formula is C16H18F2N4O. The number of amides is 1. The Bertz CT molecular complexity index is 729. The fraction of sp³-hybridized carbons (Fsp3) is 0.375. The molecule has 0 saturated heterocycles. The van der Waals surface area contributed by atoms with Crippen LogP contribution >= 0.6 is 0 Å². The van der Waals surface area contributed by atoms with Gasteiger partial charge in [0.05, 0.1) is 12.2 Å². The van der Waals surface area contributed by atoms with E-state index >= 15 is 0 Å². The second-order valence-electron chi connectivity index (χ2n) is 5.61. The Kier molecular flexibility index (Phi) is 4.38. The van der Waals surface area contributed by atoms with Crippen molar-refractivity contribution in [3.63, 3.8) is 0 Å². The summed E-state index contributed by atoms with van der Waals surface area (Å²) in [7, 11) is 0. The third kappa shape index (κ3) is 3.10. The number of halogens is 2. The van der Waals surface area contributed by atoms with E-state index in [-0.39, 0.29) is 24.1 Å². The van der Waals surface area contributed by atoms with E-state index < -0.39 is 11.6 Å². The van der Waals surface area contributed by atoms with Gasteiger partial charge in [-0.1, -0.05) is 0 Å². The summed E-state index contributed by atoms with van der Waals surface area (Å²) in [4.78, 5) is 11.8. The van der Waals surface area contributed by atoms with E-state index in [0.29, 0.717) is 6.54 Å². The van der Waals surface area contributed by atoms with Crippen LogP contribution in [0.25, 0.3) is 5.69 Å². The van der Waals surface area contributed by atoms with Crippen LogP contribution in [-0.2, 0) is 11.2 Å². The number of nitrogens with two attached hydrogens (primary N) is 1. The number of carbonyl (C=O) groups excluding carboxylic acids is 1. The molecule has 5 nitrogen and oxygen atoms in total. The Balaban J connectivity index is 1.92. The average molecular weight is 320 g/mol. The topological polar surface area (TPSA) is 72.9 Å². The van der Waals surface area contributed by atoms with Gasteiger partial charge in [0.15, 0.2) is 5.82 Å². The lowest BCUT2D eigenvalue weighted by Crippen LogP contribution is -2.32. The number of nitrogens with zero attached hydrogens (tertiary/aromatic N) is 2. The fourth-order valence-corrected chi connectivity index (χ4v) is 2.97. The lowest BCUT2D eigenvalue weighted by molar-refractivity contribution is -0.121. The highest BCUT2D eigenvalue weighted by Crippen LogP contribution is 2.31. The van der Waals surface area contributed by atoms with Crippen molar-refractivity contribution in [2.45, 2.75) is 31.7 Å². The predicted molar refractivity (Wildman–Crippen MR) is 81.0 cm³/mol. The van der Waals surface area contributed by atoms with E-state index in [2.05, 4.69) is 10.4 Å². The molecule has 2 aromatic rings. The zero-order valence-electron chi connectivity index (χ0n) is 12.6. The zero-order valence-corrected chi connectivity index (χ0v) is 12.6. The molecule has 0 radical (unpaired) electrons. The lowest BCUT2D eigenvalue weighted by Gasteiger charge is -2.24. The van der Waals surface area contributed by atoms with E-state index in [1.54, 1.807) is 6.20 Å². The molecule has 0 aliphatic heterocycles. The summed E-state index contributed by atoms with van der Waals surface area (Å²) in [6.45, 7) is 0.297. The number of hydrogen-bond donors (Lipinski definition) is 2. The Morgan fingerprint density at radius 2 is 2.26 bits per heavy atom. The van der Waals surface area contributed by atoms with Crippen molar-refractivity contribution in [1.29, 1.82) is 0 Å². The van der Waals surface area contributed by atoms with Crippen molar-refractivity contribution in [3.05, 3.63) is 47.3 Å². The molecular weight excluding hydrogens is 302 g/mol. The molecule has 0 spiro atoms. The van der Waals surface area contributed by atoms with Crippen LogP contribution < -0.4 is 11.1 Å². The van der Waals surface area contributed by atoms with E-state index in [4.69, 9.17) is 5.73 Å². The molecule has 1 aliphatic rings. The van der Waals surface area contributed by atoms with Crippen LogP contribution in [0.4, 0.5) is 8.78 Å². The first-order valence-corrected chi connectivity index (χ1v) is 7.62. The predicted octanol–water partition coefficient (Wildman–Crippen LogP) is 1.99. The second kappa shape index (κ2) is 6.45. The molecule has 1 amide bonds. The van der Waals surface area contributed by atoms with Gasteiger partial charge in [-0.05, 0) is 31.4 Å². The molecule has 23 heavy (non-hydrogen) atoms. The van der Waals surface area contributed by atoms with Crippen LogP contribution in [0.15, 0.2) is 24.4 Å². The Hall–Kier alpha value is -2.28. The highest BCUT2D eigenvalue weighted by Gasteiger charge is 2.26. The molecule has 1 aromatic carbocycles.